The Labute approximate surface area is 90.0 Å². The summed E-state index contributed by atoms with van der Waals surface area (Å²) >= 11 is 0. The van der Waals surface area contributed by atoms with Crippen LogP contribution in [0.4, 0.5) is 0 Å². The minimum atomic E-state index is -0.193. The Morgan fingerprint density at radius 2 is 2.13 bits per heavy atom. The summed E-state index contributed by atoms with van der Waals surface area (Å²) < 4.78 is 0. The summed E-state index contributed by atoms with van der Waals surface area (Å²) in [6.45, 7) is 4.82. The number of nitrogens with one attached hydrogen (secondary N) is 1. The van der Waals surface area contributed by atoms with E-state index in [-0.39, 0.29) is 23.9 Å². The van der Waals surface area contributed by atoms with Crippen molar-refractivity contribution in [1.82, 2.24) is 10.2 Å². The molecule has 0 radical (unpaired) electrons. The van der Waals surface area contributed by atoms with Gasteiger partial charge in [0.1, 0.15) is 6.04 Å². The number of fused-ring (bicyclic) bond motifs is 1. The normalized spacial score (nSPS) is 31.5. The maximum Gasteiger partial charge on any atom is 0.243 e. The first-order valence-corrected chi connectivity index (χ1v) is 5.69. The summed E-state index contributed by atoms with van der Waals surface area (Å²) in [5.41, 5.74) is 0. The quantitative estimate of drug-likeness (QED) is 0.686. The zero-order valence-corrected chi connectivity index (χ0v) is 9.32. The molecule has 0 bridgehead atoms. The Bertz CT molecular complexity index is 264. The van der Waals surface area contributed by atoms with Crippen molar-refractivity contribution in [1.29, 1.82) is 0 Å². The van der Waals surface area contributed by atoms with E-state index in [0.29, 0.717) is 12.3 Å². The molecule has 0 aromatic heterocycles. The second-order valence-corrected chi connectivity index (χ2v) is 4.81. The number of rotatable bonds is 1. The minimum Gasteiger partial charge on any atom is -0.351 e. The first-order valence-electron chi connectivity index (χ1n) is 5.69. The van der Waals surface area contributed by atoms with Crippen molar-refractivity contribution in [3.8, 4) is 0 Å². The van der Waals surface area contributed by atoms with E-state index in [9.17, 15) is 9.59 Å². The molecule has 4 nitrogen and oxygen atoms in total. The molecule has 2 amide bonds. The van der Waals surface area contributed by atoms with Crippen molar-refractivity contribution in [2.75, 3.05) is 6.54 Å². The van der Waals surface area contributed by atoms with E-state index in [0.717, 1.165) is 19.4 Å². The average molecular weight is 210 g/mol. The van der Waals surface area contributed by atoms with Crippen molar-refractivity contribution < 1.29 is 9.59 Å². The van der Waals surface area contributed by atoms with Gasteiger partial charge in [0, 0.05) is 19.0 Å². The van der Waals surface area contributed by atoms with Crippen LogP contribution in [0.25, 0.3) is 0 Å². The first kappa shape index (κ1) is 10.5. The van der Waals surface area contributed by atoms with Gasteiger partial charge in [-0.15, -0.1) is 0 Å². The Kier molecular flexibility index (Phi) is 2.67. The lowest BCUT2D eigenvalue weighted by Gasteiger charge is -2.19. The van der Waals surface area contributed by atoms with Crippen LogP contribution < -0.4 is 5.32 Å². The fourth-order valence-corrected chi connectivity index (χ4v) is 2.38. The van der Waals surface area contributed by atoms with Crippen LogP contribution >= 0.6 is 0 Å². The lowest BCUT2D eigenvalue weighted by atomic mass is 10.0. The van der Waals surface area contributed by atoms with Crippen molar-refractivity contribution in [3.05, 3.63) is 0 Å². The molecule has 0 aliphatic carbocycles. The SMILES string of the molecule is CC(C)C1CC(=O)N2CCC[C@@H]2C(=O)N1. The van der Waals surface area contributed by atoms with Gasteiger partial charge >= 0.3 is 0 Å². The third-order valence-electron chi connectivity index (χ3n) is 3.40. The molecule has 2 saturated heterocycles. The fraction of sp³-hybridized carbons (Fsp3) is 0.818. The van der Waals surface area contributed by atoms with Crippen LogP contribution in [0.1, 0.15) is 33.1 Å². The van der Waals surface area contributed by atoms with E-state index in [1.165, 1.54) is 0 Å². The Morgan fingerprint density at radius 3 is 2.80 bits per heavy atom. The molecule has 1 N–H and O–H groups in total. The highest BCUT2D eigenvalue weighted by Gasteiger charge is 2.39. The van der Waals surface area contributed by atoms with E-state index in [1.807, 2.05) is 13.8 Å². The second-order valence-electron chi connectivity index (χ2n) is 4.81. The molecule has 0 saturated carbocycles. The van der Waals surface area contributed by atoms with Crippen LogP contribution in [0.2, 0.25) is 0 Å². The molecule has 15 heavy (non-hydrogen) atoms. The highest BCUT2D eigenvalue weighted by atomic mass is 16.2. The smallest absolute Gasteiger partial charge is 0.243 e. The molecular weight excluding hydrogens is 192 g/mol. The number of hydrogen-bond acceptors (Lipinski definition) is 2. The van der Waals surface area contributed by atoms with Gasteiger partial charge in [-0.05, 0) is 18.8 Å². The monoisotopic (exact) mass is 210 g/mol. The number of hydrogen-bond donors (Lipinski definition) is 1. The van der Waals surface area contributed by atoms with Crippen LogP contribution in [-0.4, -0.2) is 35.3 Å². The molecule has 2 aliphatic rings. The number of carbonyl (C=O) groups excluding carboxylic acids is 2. The topological polar surface area (TPSA) is 49.4 Å². The van der Waals surface area contributed by atoms with Gasteiger partial charge in [0.25, 0.3) is 0 Å². The van der Waals surface area contributed by atoms with E-state index in [1.54, 1.807) is 4.90 Å². The highest BCUT2D eigenvalue weighted by Crippen LogP contribution is 2.23. The predicted octanol–water partition coefficient (Wildman–Crippen LogP) is 0.522. The number of amides is 2. The van der Waals surface area contributed by atoms with Gasteiger partial charge in [-0.2, -0.15) is 0 Å². The van der Waals surface area contributed by atoms with E-state index in [2.05, 4.69) is 5.32 Å². The van der Waals surface area contributed by atoms with Gasteiger partial charge in [-0.1, -0.05) is 13.8 Å². The largest absolute Gasteiger partial charge is 0.351 e. The van der Waals surface area contributed by atoms with Gasteiger partial charge in [-0.3, -0.25) is 9.59 Å². The third kappa shape index (κ3) is 1.85. The van der Waals surface area contributed by atoms with Crippen LogP contribution in [0.3, 0.4) is 0 Å². The van der Waals surface area contributed by atoms with Crippen LogP contribution in [0.15, 0.2) is 0 Å². The van der Waals surface area contributed by atoms with Gasteiger partial charge in [-0.25, -0.2) is 0 Å². The lowest BCUT2D eigenvalue weighted by molar-refractivity contribution is -0.135. The molecule has 2 atom stereocenters. The third-order valence-corrected chi connectivity index (χ3v) is 3.40. The molecule has 2 aliphatic heterocycles. The van der Waals surface area contributed by atoms with E-state index >= 15 is 0 Å². The van der Waals surface area contributed by atoms with E-state index in [4.69, 9.17) is 0 Å². The first-order chi connectivity index (χ1) is 7.09. The highest BCUT2D eigenvalue weighted by molar-refractivity contribution is 5.91. The van der Waals surface area contributed by atoms with Crippen LogP contribution in [-0.2, 0) is 9.59 Å². The average Bonchev–Trinajstić information content (AvgIpc) is 2.60. The maximum absolute atomic E-state index is 11.9. The zero-order chi connectivity index (χ0) is 11.0. The van der Waals surface area contributed by atoms with Crippen molar-refractivity contribution in [3.63, 3.8) is 0 Å². The minimum absolute atomic E-state index is 0.00981. The Hall–Kier alpha value is -1.06. The molecule has 2 rings (SSSR count). The number of nitrogens with zero attached hydrogens (tertiary/aromatic N) is 1. The van der Waals surface area contributed by atoms with E-state index < -0.39 is 0 Å². The van der Waals surface area contributed by atoms with Crippen molar-refractivity contribution in [2.24, 2.45) is 5.92 Å². The number of carbonyl (C=O) groups is 2. The summed E-state index contributed by atoms with van der Waals surface area (Å²) in [6, 6.07) is -0.183. The summed E-state index contributed by atoms with van der Waals surface area (Å²) in [5.74, 6) is 0.490. The van der Waals surface area contributed by atoms with Gasteiger partial charge < -0.3 is 10.2 Å². The molecular formula is C11H18N2O2. The molecule has 4 heteroatoms. The van der Waals surface area contributed by atoms with Gasteiger partial charge in [0.2, 0.25) is 11.8 Å². The molecule has 2 fully saturated rings. The summed E-state index contributed by atoms with van der Waals surface area (Å²) in [4.78, 5) is 25.5. The van der Waals surface area contributed by atoms with Crippen molar-refractivity contribution in [2.45, 2.75) is 45.2 Å². The van der Waals surface area contributed by atoms with Crippen molar-refractivity contribution >= 4 is 11.8 Å². The molecule has 0 aromatic carbocycles. The zero-order valence-electron chi connectivity index (χ0n) is 9.32. The molecule has 0 spiro atoms. The standard InChI is InChI=1S/C11H18N2O2/c1-7(2)8-6-10(14)13-5-3-4-9(13)11(15)12-8/h7-9H,3-6H2,1-2H3,(H,12,15)/t8?,9-/m1/s1. The van der Waals surface area contributed by atoms with Crippen LogP contribution in [0, 0.1) is 5.92 Å². The Balaban J connectivity index is 2.18. The molecule has 84 valence electrons. The maximum atomic E-state index is 11.9. The second kappa shape index (κ2) is 3.83. The summed E-state index contributed by atoms with van der Waals surface area (Å²) in [5, 5.41) is 2.98. The van der Waals surface area contributed by atoms with Crippen LogP contribution in [0.5, 0.6) is 0 Å². The molecule has 0 aromatic rings. The summed E-state index contributed by atoms with van der Waals surface area (Å²) in [6.07, 6.45) is 2.23. The van der Waals surface area contributed by atoms with Gasteiger partial charge in [0.15, 0.2) is 0 Å². The molecule has 2 heterocycles. The Morgan fingerprint density at radius 1 is 1.40 bits per heavy atom. The lowest BCUT2D eigenvalue weighted by Crippen LogP contribution is -2.43. The summed E-state index contributed by atoms with van der Waals surface area (Å²) in [7, 11) is 0. The fourth-order valence-electron chi connectivity index (χ4n) is 2.38. The predicted molar refractivity (Wildman–Crippen MR) is 56.1 cm³/mol. The van der Waals surface area contributed by atoms with Gasteiger partial charge in [0.05, 0.1) is 0 Å². The molecule has 1 unspecified atom stereocenters.